The lowest BCUT2D eigenvalue weighted by molar-refractivity contribution is 0.111. The van der Waals surface area contributed by atoms with Crippen LogP contribution in [0.25, 0.3) is 33.8 Å². The van der Waals surface area contributed by atoms with E-state index in [-0.39, 0.29) is 11.8 Å². The second kappa shape index (κ2) is 9.99. The third-order valence-electron chi connectivity index (χ3n) is 5.12. The Balaban J connectivity index is 1.83. The number of ether oxygens (including phenoxy) is 2. The Kier molecular flexibility index (Phi) is 6.86. The fourth-order valence-corrected chi connectivity index (χ4v) is 4.09. The third-order valence-corrected chi connectivity index (χ3v) is 5.91. The van der Waals surface area contributed by atoms with Crippen molar-refractivity contribution in [3.05, 3.63) is 75.9 Å². The van der Waals surface area contributed by atoms with Crippen molar-refractivity contribution in [2.45, 2.75) is 0 Å². The summed E-state index contributed by atoms with van der Waals surface area (Å²) in [7, 11) is 2.88. The van der Waals surface area contributed by atoms with Crippen LogP contribution in [-0.2, 0) is 0 Å². The highest BCUT2D eigenvalue weighted by Crippen LogP contribution is 2.41. The molecule has 4 aromatic rings. The Morgan fingerprint density at radius 3 is 1.88 bits per heavy atom. The van der Waals surface area contributed by atoms with E-state index >= 15 is 0 Å². The van der Waals surface area contributed by atoms with Crippen molar-refractivity contribution in [2.75, 3.05) is 14.2 Å². The summed E-state index contributed by atoms with van der Waals surface area (Å²) >= 11 is 13.6. The normalized spacial score (nSPS) is 10.6. The van der Waals surface area contributed by atoms with Crippen LogP contribution in [0.5, 0.6) is 11.8 Å². The van der Waals surface area contributed by atoms with Crippen molar-refractivity contribution in [2.24, 2.45) is 0 Å². The molecule has 4 rings (SSSR count). The number of benzene rings is 1. The van der Waals surface area contributed by atoms with Crippen molar-refractivity contribution in [3.8, 4) is 45.5 Å². The molecule has 0 bridgehead atoms. The number of aromatic nitrogens is 3. The van der Waals surface area contributed by atoms with E-state index in [0.29, 0.717) is 67.5 Å². The van der Waals surface area contributed by atoms with Crippen LogP contribution in [0, 0.1) is 0 Å². The number of aldehydes is 2. The molecule has 7 nitrogen and oxygen atoms in total. The molecule has 3 heterocycles. The fourth-order valence-electron chi connectivity index (χ4n) is 3.46. The van der Waals surface area contributed by atoms with Crippen LogP contribution in [0.2, 0.25) is 10.0 Å². The minimum absolute atomic E-state index is 0.176. The average Bonchev–Trinajstić information content (AvgIpc) is 2.88. The summed E-state index contributed by atoms with van der Waals surface area (Å²) in [5.74, 6) is 0.381. The average molecular weight is 494 g/mol. The molecule has 0 unspecified atom stereocenters. The van der Waals surface area contributed by atoms with Crippen molar-refractivity contribution >= 4 is 35.8 Å². The van der Waals surface area contributed by atoms with Gasteiger partial charge in [-0.3, -0.25) is 14.6 Å². The smallest absolute Gasteiger partial charge is 0.224 e. The van der Waals surface area contributed by atoms with Gasteiger partial charge in [0, 0.05) is 22.9 Å². The number of methoxy groups -OCH3 is 2. The first kappa shape index (κ1) is 23.4. The maximum Gasteiger partial charge on any atom is 0.224 e. The van der Waals surface area contributed by atoms with Crippen molar-refractivity contribution in [3.63, 3.8) is 0 Å². The number of nitrogens with zero attached hydrogens (tertiary/aromatic N) is 3. The Morgan fingerprint density at radius 2 is 1.26 bits per heavy atom. The van der Waals surface area contributed by atoms with Gasteiger partial charge in [-0.15, -0.1) is 0 Å². The summed E-state index contributed by atoms with van der Waals surface area (Å²) in [6, 6.07) is 13.8. The zero-order valence-corrected chi connectivity index (χ0v) is 19.6. The van der Waals surface area contributed by atoms with E-state index in [4.69, 9.17) is 32.7 Å². The zero-order chi connectivity index (χ0) is 24.2. The topological polar surface area (TPSA) is 91.3 Å². The lowest BCUT2D eigenvalue weighted by Crippen LogP contribution is -1.98. The maximum absolute atomic E-state index is 11.2. The third kappa shape index (κ3) is 4.23. The number of hydrogen-bond acceptors (Lipinski definition) is 7. The van der Waals surface area contributed by atoms with Gasteiger partial charge in [-0.05, 0) is 30.3 Å². The summed E-state index contributed by atoms with van der Waals surface area (Å²) in [4.78, 5) is 35.6. The Bertz CT molecular complexity index is 1300. The highest BCUT2D eigenvalue weighted by molar-refractivity contribution is 6.39. The minimum atomic E-state index is 0.176. The van der Waals surface area contributed by atoms with E-state index < -0.39 is 0 Å². The number of rotatable bonds is 7. The number of halogens is 2. The fraction of sp³-hybridized carbons (Fsp3) is 0.0800. The van der Waals surface area contributed by atoms with Gasteiger partial charge >= 0.3 is 0 Å². The molecule has 0 spiro atoms. The van der Waals surface area contributed by atoms with Crippen LogP contribution >= 0.6 is 23.2 Å². The van der Waals surface area contributed by atoms with Gasteiger partial charge in [-0.2, -0.15) is 0 Å². The van der Waals surface area contributed by atoms with E-state index in [1.54, 1.807) is 36.5 Å². The van der Waals surface area contributed by atoms with Crippen molar-refractivity contribution < 1.29 is 19.1 Å². The first-order chi connectivity index (χ1) is 16.5. The van der Waals surface area contributed by atoms with E-state index in [1.165, 1.54) is 14.2 Å². The van der Waals surface area contributed by atoms with Crippen LogP contribution in [0.3, 0.4) is 0 Å². The molecule has 1 aromatic carbocycles. The summed E-state index contributed by atoms with van der Waals surface area (Å²) in [6.07, 6.45) is 2.94. The van der Waals surface area contributed by atoms with Gasteiger partial charge in [0.2, 0.25) is 11.8 Å². The van der Waals surface area contributed by atoms with Gasteiger partial charge in [-0.1, -0.05) is 41.4 Å². The second-order valence-electron chi connectivity index (χ2n) is 7.01. The first-order valence-corrected chi connectivity index (χ1v) is 10.7. The van der Waals surface area contributed by atoms with Crippen LogP contribution in [0.15, 0.2) is 54.7 Å². The highest BCUT2D eigenvalue weighted by Gasteiger charge is 2.19. The number of carbonyl (C=O) groups excluding carboxylic acids is 2. The molecule has 0 fully saturated rings. The van der Waals surface area contributed by atoms with Gasteiger partial charge in [0.15, 0.2) is 12.6 Å². The molecular weight excluding hydrogens is 477 g/mol. The molecule has 0 saturated carbocycles. The van der Waals surface area contributed by atoms with Gasteiger partial charge in [-0.25, -0.2) is 9.97 Å². The minimum Gasteiger partial charge on any atom is -0.480 e. The quantitative estimate of drug-likeness (QED) is 0.299. The van der Waals surface area contributed by atoms with E-state index in [1.807, 2.05) is 18.2 Å². The highest BCUT2D eigenvalue weighted by atomic mass is 35.5. The Morgan fingerprint density at radius 1 is 0.706 bits per heavy atom. The molecule has 9 heteroatoms. The summed E-state index contributed by atoms with van der Waals surface area (Å²) in [5, 5.41) is 0.744. The van der Waals surface area contributed by atoms with Gasteiger partial charge < -0.3 is 9.47 Å². The SMILES string of the molecule is COc1nc(-c2cccc(-c3ccnc(-c4ccc(C=O)c(OC)n4)c3Cl)c2Cl)ccc1C=O. The van der Waals surface area contributed by atoms with Crippen LogP contribution < -0.4 is 9.47 Å². The van der Waals surface area contributed by atoms with E-state index in [9.17, 15) is 9.59 Å². The standard InChI is InChI=1S/C25H17Cl2N3O4/c1-33-24-14(12-31)6-8-19(29-24)18-5-3-4-16(21(18)26)17-10-11-28-23(22(17)27)20-9-7-15(13-32)25(30-20)34-2/h3-13H,1-2H3. The molecule has 0 saturated heterocycles. The monoisotopic (exact) mass is 493 g/mol. The lowest BCUT2D eigenvalue weighted by atomic mass is 10.0. The summed E-state index contributed by atoms with van der Waals surface area (Å²) < 4.78 is 10.4. The summed E-state index contributed by atoms with van der Waals surface area (Å²) in [6.45, 7) is 0. The zero-order valence-electron chi connectivity index (χ0n) is 18.1. The molecule has 3 aromatic heterocycles. The largest absolute Gasteiger partial charge is 0.480 e. The first-order valence-electron chi connectivity index (χ1n) is 9.97. The molecule has 170 valence electrons. The maximum atomic E-state index is 11.2. The number of carbonyl (C=O) groups is 2. The molecule has 0 aliphatic rings. The molecule has 0 radical (unpaired) electrons. The van der Waals surface area contributed by atoms with Crippen LogP contribution in [0.4, 0.5) is 0 Å². The van der Waals surface area contributed by atoms with Crippen molar-refractivity contribution in [1.29, 1.82) is 0 Å². The van der Waals surface area contributed by atoms with E-state index in [0.717, 1.165) is 0 Å². The molecule has 0 N–H and O–H groups in total. The van der Waals surface area contributed by atoms with Gasteiger partial charge in [0.1, 0.15) is 5.69 Å². The van der Waals surface area contributed by atoms with Gasteiger partial charge in [0.05, 0.1) is 46.8 Å². The van der Waals surface area contributed by atoms with Crippen LogP contribution in [0.1, 0.15) is 20.7 Å². The predicted molar refractivity (Wildman–Crippen MR) is 130 cm³/mol. The molecule has 0 amide bonds. The molecule has 0 aliphatic carbocycles. The van der Waals surface area contributed by atoms with Crippen LogP contribution in [-0.4, -0.2) is 41.7 Å². The Hall–Kier alpha value is -3.81. The molecular formula is C25H17Cl2N3O4. The predicted octanol–water partition coefficient (Wildman–Crippen LogP) is 5.82. The number of pyridine rings is 3. The number of hydrogen-bond donors (Lipinski definition) is 0. The molecule has 0 atom stereocenters. The second-order valence-corrected chi connectivity index (χ2v) is 7.77. The molecule has 0 aliphatic heterocycles. The van der Waals surface area contributed by atoms with Crippen molar-refractivity contribution in [1.82, 2.24) is 15.0 Å². The Labute approximate surface area is 205 Å². The molecule has 34 heavy (non-hydrogen) atoms. The van der Waals surface area contributed by atoms with E-state index in [2.05, 4.69) is 15.0 Å². The lowest BCUT2D eigenvalue weighted by Gasteiger charge is -2.14. The summed E-state index contributed by atoms with van der Waals surface area (Å²) in [5.41, 5.74) is 3.97. The van der Waals surface area contributed by atoms with Gasteiger partial charge in [0.25, 0.3) is 0 Å².